The maximum Gasteiger partial charge on any atom is 0.340 e. The van der Waals surface area contributed by atoms with Gasteiger partial charge in [-0.2, -0.15) is 5.10 Å². The molecule has 3 amide bonds. The average Bonchev–Trinajstić information content (AvgIpc) is 3.04. The van der Waals surface area contributed by atoms with Crippen LogP contribution in [0.2, 0.25) is 0 Å². The molecular formula is C17H20N6O3. The highest BCUT2D eigenvalue weighted by Gasteiger charge is 2.29. The molecule has 26 heavy (non-hydrogen) atoms. The lowest BCUT2D eigenvalue weighted by Gasteiger charge is -2.28. The first-order valence-electron chi connectivity index (χ1n) is 8.27. The predicted octanol–water partition coefficient (Wildman–Crippen LogP) is 0.302. The smallest absolute Gasteiger partial charge is 0.340 e. The summed E-state index contributed by atoms with van der Waals surface area (Å²) in [5, 5.41) is 14.1. The number of benzene rings is 1. The second-order valence-corrected chi connectivity index (χ2v) is 6.02. The third kappa shape index (κ3) is 4.18. The molecule has 1 aromatic heterocycles. The van der Waals surface area contributed by atoms with E-state index in [2.05, 4.69) is 31.1 Å². The van der Waals surface area contributed by atoms with Crippen molar-refractivity contribution >= 4 is 11.9 Å². The van der Waals surface area contributed by atoms with Gasteiger partial charge >= 0.3 is 11.7 Å². The molecule has 9 nitrogen and oxygen atoms in total. The monoisotopic (exact) mass is 356 g/mol. The number of allylic oxidation sites excluding steroid dienone is 1. The first-order chi connectivity index (χ1) is 12.5. The molecule has 0 spiro atoms. The molecule has 2 aromatic rings. The summed E-state index contributed by atoms with van der Waals surface area (Å²) in [5.74, 6) is 0.00662. The Hall–Kier alpha value is -3.36. The third-order valence-corrected chi connectivity index (χ3v) is 4.13. The molecule has 0 saturated heterocycles. The van der Waals surface area contributed by atoms with E-state index in [1.165, 1.54) is 0 Å². The second-order valence-electron chi connectivity index (χ2n) is 6.02. The maximum absolute atomic E-state index is 12.6. The Bertz CT molecular complexity index is 883. The molecule has 1 aromatic carbocycles. The molecule has 1 aliphatic heterocycles. The van der Waals surface area contributed by atoms with Crippen molar-refractivity contribution in [2.75, 3.05) is 0 Å². The zero-order chi connectivity index (χ0) is 18.5. The van der Waals surface area contributed by atoms with Gasteiger partial charge in [-0.15, -0.1) is 0 Å². The lowest BCUT2D eigenvalue weighted by molar-refractivity contribution is -0.118. The van der Waals surface area contributed by atoms with E-state index in [9.17, 15) is 14.4 Å². The SMILES string of the molecule is CC1=C(C(=O)NCc2n[nH]c(=O)[nH]2)C(CCc2ccccc2)NC(=O)N1. The fourth-order valence-corrected chi connectivity index (χ4v) is 2.91. The number of nitrogens with zero attached hydrogens (tertiary/aromatic N) is 1. The number of amides is 3. The molecule has 136 valence electrons. The van der Waals surface area contributed by atoms with Gasteiger partial charge in [-0.1, -0.05) is 30.3 Å². The van der Waals surface area contributed by atoms with E-state index in [4.69, 9.17) is 0 Å². The molecule has 1 atom stereocenters. The van der Waals surface area contributed by atoms with Crippen LogP contribution < -0.4 is 21.6 Å². The van der Waals surface area contributed by atoms with Crippen molar-refractivity contribution in [3.05, 3.63) is 63.5 Å². The zero-order valence-corrected chi connectivity index (χ0v) is 14.3. The molecule has 9 heteroatoms. The minimum atomic E-state index is -0.433. The second kappa shape index (κ2) is 7.68. The van der Waals surface area contributed by atoms with Gasteiger partial charge in [0.15, 0.2) is 0 Å². The van der Waals surface area contributed by atoms with Crippen LogP contribution in [-0.2, 0) is 17.8 Å². The number of aromatic amines is 2. The lowest BCUT2D eigenvalue weighted by Crippen LogP contribution is -2.51. The minimum absolute atomic E-state index is 0.0771. The zero-order valence-electron chi connectivity index (χ0n) is 14.3. The lowest BCUT2D eigenvalue weighted by atomic mass is 9.95. The molecule has 2 heterocycles. The van der Waals surface area contributed by atoms with E-state index in [0.29, 0.717) is 23.5 Å². The quantitative estimate of drug-likeness (QED) is 0.509. The van der Waals surface area contributed by atoms with Gasteiger partial charge in [0.25, 0.3) is 5.91 Å². The summed E-state index contributed by atoms with van der Waals surface area (Å²) < 4.78 is 0. The minimum Gasteiger partial charge on any atom is -0.345 e. The fraction of sp³-hybridized carbons (Fsp3) is 0.294. The van der Waals surface area contributed by atoms with Crippen LogP contribution in [-0.4, -0.2) is 33.2 Å². The largest absolute Gasteiger partial charge is 0.345 e. The van der Waals surface area contributed by atoms with Crippen molar-refractivity contribution in [2.45, 2.75) is 32.4 Å². The molecule has 0 bridgehead atoms. The molecule has 0 fully saturated rings. The predicted molar refractivity (Wildman–Crippen MR) is 94.0 cm³/mol. The van der Waals surface area contributed by atoms with Crippen molar-refractivity contribution in [1.29, 1.82) is 0 Å². The van der Waals surface area contributed by atoms with E-state index < -0.39 is 11.7 Å². The van der Waals surface area contributed by atoms with Crippen LogP contribution in [0.25, 0.3) is 0 Å². The van der Waals surface area contributed by atoms with E-state index in [-0.39, 0.29) is 18.5 Å². The van der Waals surface area contributed by atoms with Crippen molar-refractivity contribution in [1.82, 2.24) is 31.1 Å². The van der Waals surface area contributed by atoms with Crippen LogP contribution in [0.1, 0.15) is 24.7 Å². The Morgan fingerprint density at radius 2 is 2.00 bits per heavy atom. The number of hydrogen-bond donors (Lipinski definition) is 5. The number of aromatic nitrogens is 3. The number of carbonyl (C=O) groups excluding carboxylic acids is 2. The number of aryl methyl sites for hydroxylation is 1. The van der Waals surface area contributed by atoms with Crippen molar-refractivity contribution in [2.24, 2.45) is 0 Å². The van der Waals surface area contributed by atoms with Gasteiger partial charge in [0.2, 0.25) is 0 Å². The Labute approximate surface area is 149 Å². The first kappa shape index (κ1) is 17.5. The van der Waals surface area contributed by atoms with Crippen molar-refractivity contribution in [3.8, 4) is 0 Å². The number of nitrogens with one attached hydrogen (secondary N) is 5. The van der Waals surface area contributed by atoms with Crippen LogP contribution in [0.15, 0.2) is 46.4 Å². The normalized spacial score (nSPS) is 16.8. The molecule has 0 saturated carbocycles. The Balaban J connectivity index is 1.69. The maximum atomic E-state index is 12.6. The van der Waals surface area contributed by atoms with Gasteiger partial charge in [-0.25, -0.2) is 14.7 Å². The highest BCUT2D eigenvalue weighted by molar-refractivity contribution is 5.98. The standard InChI is InChI=1S/C17H20N6O3/c1-10-14(15(24)18-9-13-21-17(26)23-22-13)12(20-16(25)19-10)8-7-11-5-3-2-4-6-11/h2-6,12H,7-9H2,1H3,(H,18,24)(H2,19,20,25)(H2,21,22,23,26). The molecule has 1 aliphatic rings. The van der Waals surface area contributed by atoms with Crippen LogP contribution in [0.3, 0.4) is 0 Å². The summed E-state index contributed by atoms with van der Waals surface area (Å²) in [6.45, 7) is 1.77. The highest BCUT2D eigenvalue weighted by atomic mass is 16.2. The third-order valence-electron chi connectivity index (χ3n) is 4.13. The molecule has 3 rings (SSSR count). The van der Waals surface area contributed by atoms with Crippen LogP contribution in [0.4, 0.5) is 4.79 Å². The van der Waals surface area contributed by atoms with Gasteiger partial charge in [-0.05, 0) is 25.3 Å². The van der Waals surface area contributed by atoms with Gasteiger partial charge in [0.1, 0.15) is 5.82 Å². The van der Waals surface area contributed by atoms with Gasteiger partial charge in [0.05, 0.1) is 18.2 Å². The Morgan fingerprint density at radius 1 is 1.23 bits per heavy atom. The van der Waals surface area contributed by atoms with Gasteiger partial charge < -0.3 is 16.0 Å². The van der Waals surface area contributed by atoms with E-state index in [1.807, 2.05) is 30.3 Å². The van der Waals surface area contributed by atoms with Crippen LogP contribution in [0.5, 0.6) is 0 Å². The number of urea groups is 1. The highest BCUT2D eigenvalue weighted by Crippen LogP contribution is 2.17. The van der Waals surface area contributed by atoms with Crippen molar-refractivity contribution < 1.29 is 9.59 Å². The van der Waals surface area contributed by atoms with Crippen molar-refractivity contribution in [3.63, 3.8) is 0 Å². The Morgan fingerprint density at radius 3 is 2.69 bits per heavy atom. The molecule has 0 aliphatic carbocycles. The van der Waals surface area contributed by atoms with E-state index >= 15 is 0 Å². The number of hydrogen-bond acceptors (Lipinski definition) is 4. The van der Waals surface area contributed by atoms with Crippen LogP contribution in [0, 0.1) is 0 Å². The molecular weight excluding hydrogens is 336 g/mol. The fourth-order valence-electron chi connectivity index (χ4n) is 2.91. The van der Waals surface area contributed by atoms with E-state index in [1.54, 1.807) is 6.92 Å². The Kier molecular flexibility index (Phi) is 5.16. The number of rotatable bonds is 6. The number of H-pyrrole nitrogens is 2. The summed E-state index contributed by atoms with van der Waals surface area (Å²) in [5.41, 5.74) is 1.68. The molecule has 0 radical (unpaired) electrons. The topological polar surface area (TPSA) is 132 Å². The summed E-state index contributed by atoms with van der Waals surface area (Å²) in [6.07, 6.45) is 1.32. The summed E-state index contributed by atoms with van der Waals surface area (Å²) in [6, 6.07) is 9.14. The van der Waals surface area contributed by atoms with Crippen LogP contribution >= 0.6 is 0 Å². The molecule has 1 unspecified atom stereocenters. The van der Waals surface area contributed by atoms with Gasteiger partial charge in [0, 0.05) is 5.70 Å². The van der Waals surface area contributed by atoms with Gasteiger partial charge in [-0.3, -0.25) is 9.78 Å². The first-order valence-corrected chi connectivity index (χ1v) is 8.27. The number of carbonyl (C=O) groups is 2. The molecule has 5 N–H and O–H groups in total. The average molecular weight is 356 g/mol. The summed E-state index contributed by atoms with van der Waals surface area (Å²) >= 11 is 0. The van der Waals surface area contributed by atoms with E-state index in [0.717, 1.165) is 12.0 Å². The summed E-state index contributed by atoms with van der Waals surface area (Å²) in [4.78, 5) is 37.9. The summed E-state index contributed by atoms with van der Waals surface area (Å²) in [7, 11) is 0.